The van der Waals surface area contributed by atoms with Crippen molar-refractivity contribution in [2.45, 2.75) is 38.5 Å². The number of fused-ring (bicyclic) bond motifs is 3. The van der Waals surface area contributed by atoms with E-state index in [-0.39, 0.29) is 26.5 Å². The third-order valence-corrected chi connectivity index (χ3v) is 7.31. The van der Waals surface area contributed by atoms with Crippen molar-refractivity contribution in [2.24, 2.45) is 0 Å². The third kappa shape index (κ3) is 4.16. The first kappa shape index (κ1) is 25.2. The monoisotopic (exact) mass is 667 g/mol. The summed E-state index contributed by atoms with van der Waals surface area (Å²) < 4.78 is 15.2. The predicted octanol–water partition coefficient (Wildman–Crippen LogP) is 6.70. The Labute approximate surface area is 230 Å². The fraction of sp³-hybridized carbons (Fsp3) is 0.194. The number of nitrogens with zero attached hydrogens (tertiary/aromatic N) is 4. The van der Waals surface area contributed by atoms with E-state index in [0.717, 1.165) is 22.6 Å². The predicted molar refractivity (Wildman–Crippen MR) is 138 cm³/mol. The maximum atomic E-state index is 13.6. The van der Waals surface area contributed by atoms with Gasteiger partial charge in [0.05, 0.1) is 11.1 Å². The Kier molecular flexibility index (Phi) is 6.24. The van der Waals surface area contributed by atoms with Gasteiger partial charge in [0.25, 0.3) is 0 Å². The van der Waals surface area contributed by atoms with Crippen LogP contribution in [0.3, 0.4) is 0 Å². The molecule has 0 fully saturated rings. The normalized spacial score (nSPS) is 13.5. The summed E-state index contributed by atoms with van der Waals surface area (Å²) in [5.74, 6) is -0.564. The van der Waals surface area contributed by atoms with Crippen LogP contribution in [0, 0.1) is 18.1 Å². The van der Waals surface area contributed by atoms with E-state index in [1.807, 2.05) is 24.3 Å². The van der Waals surface area contributed by atoms with Crippen LogP contribution >= 0.6 is 0 Å². The van der Waals surface area contributed by atoms with Crippen molar-refractivity contribution in [3.05, 3.63) is 120 Å². The summed E-state index contributed by atoms with van der Waals surface area (Å²) in [6, 6.07) is 28.7. The minimum Gasteiger partial charge on any atom is -0.300 e. The molecule has 0 aliphatic heterocycles. The van der Waals surface area contributed by atoms with Crippen LogP contribution in [-0.2, 0) is 31.9 Å². The molecule has 6 rings (SSSR count). The van der Waals surface area contributed by atoms with E-state index in [1.165, 1.54) is 34.5 Å². The number of hydrogen-bond acceptors (Lipinski definition) is 3. The van der Waals surface area contributed by atoms with Gasteiger partial charge in [0, 0.05) is 11.9 Å². The van der Waals surface area contributed by atoms with Gasteiger partial charge in [-0.15, -0.1) is 35.4 Å². The Morgan fingerprint density at radius 2 is 1.70 bits per heavy atom. The molecule has 1 aliphatic rings. The van der Waals surface area contributed by atoms with E-state index in [4.69, 9.17) is 10.1 Å². The van der Waals surface area contributed by atoms with Gasteiger partial charge < -0.3 is 4.98 Å². The number of pyridine rings is 2. The molecule has 0 saturated carbocycles. The molecule has 1 aliphatic carbocycles. The molecule has 37 heavy (non-hydrogen) atoms. The number of hydrogen-bond donors (Lipinski definition) is 0. The summed E-state index contributed by atoms with van der Waals surface area (Å²) in [6.07, 6.45) is 3.12. The Morgan fingerprint density at radius 3 is 2.51 bits per heavy atom. The number of benzene rings is 2. The van der Waals surface area contributed by atoms with Crippen LogP contribution in [0.4, 0.5) is 4.39 Å². The van der Waals surface area contributed by atoms with Gasteiger partial charge in [0.2, 0.25) is 0 Å². The smallest absolute Gasteiger partial charge is 0.300 e. The molecule has 2 aromatic carbocycles. The number of halogens is 1. The summed E-state index contributed by atoms with van der Waals surface area (Å²) in [4.78, 5) is 8.62. The average Bonchev–Trinajstić information content (AvgIpc) is 3.47. The molecule has 0 spiro atoms. The molecule has 0 atom stereocenters. The van der Waals surface area contributed by atoms with E-state index in [2.05, 4.69) is 81.2 Å². The topological polar surface area (TPSA) is 43.6 Å². The molecule has 0 amide bonds. The van der Waals surface area contributed by atoms with Gasteiger partial charge in [-0.25, -0.2) is 10.5 Å². The quantitative estimate of drug-likeness (QED) is 0.158. The second-order valence-electron chi connectivity index (χ2n) is 10.3. The minimum atomic E-state index is -0.564. The Morgan fingerprint density at radius 1 is 0.892 bits per heavy atom. The van der Waals surface area contributed by atoms with Crippen molar-refractivity contribution < 1.29 is 25.5 Å². The molecule has 186 valence electrons. The zero-order valence-electron chi connectivity index (χ0n) is 21.0. The van der Waals surface area contributed by atoms with Crippen LogP contribution in [0.15, 0.2) is 79.1 Å². The van der Waals surface area contributed by atoms with Crippen molar-refractivity contribution in [1.82, 2.24) is 19.7 Å². The zero-order chi connectivity index (χ0) is 25.1. The molecule has 3 aromatic heterocycles. The Balaban J connectivity index is 0.00000280. The molecule has 0 unspecified atom stereocenters. The largest absolute Gasteiger partial charge is 2.00 e. The van der Waals surface area contributed by atoms with Crippen molar-refractivity contribution in [2.75, 3.05) is 0 Å². The van der Waals surface area contributed by atoms with Crippen LogP contribution in [0.2, 0.25) is 0 Å². The van der Waals surface area contributed by atoms with E-state index in [1.54, 1.807) is 10.9 Å². The average molecular weight is 668 g/mol. The molecule has 5 aromatic rings. The van der Waals surface area contributed by atoms with Gasteiger partial charge in [-0.1, -0.05) is 73.3 Å². The standard InChI is InChI=1S/C31H25FN4.Pt/c1-30(2)24-9-6-5-8-22(24)23-13-12-20(18-25(23)30)26-10-7-11-27(34-26)31(3,4)28-15-17-36(35-28)21-14-16-33-29(32)19-21;/h5-11,13,15-19H,1-4H3;/q-2;+2. The van der Waals surface area contributed by atoms with Crippen LogP contribution < -0.4 is 0 Å². The van der Waals surface area contributed by atoms with Gasteiger partial charge in [0.1, 0.15) is 5.95 Å². The second-order valence-corrected chi connectivity index (χ2v) is 10.3. The summed E-state index contributed by atoms with van der Waals surface area (Å²) in [7, 11) is 0. The van der Waals surface area contributed by atoms with Gasteiger partial charge in [-0.2, -0.15) is 5.10 Å². The molecule has 0 N–H and O–H groups in total. The fourth-order valence-corrected chi connectivity index (χ4v) is 5.13. The van der Waals surface area contributed by atoms with Gasteiger partial charge in [0.15, 0.2) is 0 Å². The van der Waals surface area contributed by atoms with Crippen molar-refractivity contribution in [3.63, 3.8) is 0 Å². The summed E-state index contributed by atoms with van der Waals surface area (Å²) in [6.45, 7) is 8.73. The summed E-state index contributed by atoms with van der Waals surface area (Å²) in [5, 5.41) is 4.70. The summed E-state index contributed by atoms with van der Waals surface area (Å²) in [5.41, 5.74) is 8.68. The van der Waals surface area contributed by atoms with Gasteiger partial charge in [-0.05, 0) is 42.7 Å². The van der Waals surface area contributed by atoms with Crippen molar-refractivity contribution in [1.29, 1.82) is 0 Å². The zero-order valence-corrected chi connectivity index (χ0v) is 23.3. The van der Waals surface area contributed by atoms with Crippen LogP contribution in [0.5, 0.6) is 0 Å². The van der Waals surface area contributed by atoms with E-state index < -0.39 is 11.4 Å². The molecule has 0 bridgehead atoms. The minimum absolute atomic E-state index is 0. The molecule has 6 heteroatoms. The second kappa shape index (κ2) is 9.15. The van der Waals surface area contributed by atoms with E-state index >= 15 is 0 Å². The number of aromatic nitrogens is 4. The van der Waals surface area contributed by atoms with Crippen molar-refractivity contribution >= 4 is 0 Å². The first-order valence-electron chi connectivity index (χ1n) is 12.0. The van der Waals surface area contributed by atoms with Crippen LogP contribution in [0.1, 0.15) is 50.2 Å². The van der Waals surface area contributed by atoms with Crippen LogP contribution in [0.25, 0.3) is 28.1 Å². The molecule has 0 saturated heterocycles. The Bertz CT molecular complexity index is 1620. The van der Waals surface area contributed by atoms with Crippen LogP contribution in [-0.4, -0.2) is 19.7 Å². The fourth-order valence-electron chi connectivity index (χ4n) is 5.13. The first-order valence-corrected chi connectivity index (χ1v) is 12.0. The van der Waals surface area contributed by atoms with E-state index in [9.17, 15) is 4.39 Å². The molecular formula is C31H25FN4Pt. The SMILES string of the molecule is CC(C)(c1cccc(-c2[c-]cc3c(c2)C(C)(C)c2ccccc2-3)n1)c1ccn(-c2[c-]cnc(F)c2)n1.[Pt+2]. The van der Waals surface area contributed by atoms with Crippen molar-refractivity contribution in [3.8, 4) is 28.1 Å². The maximum absolute atomic E-state index is 13.6. The molecular weight excluding hydrogens is 642 g/mol. The molecule has 0 radical (unpaired) electrons. The number of rotatable bonds is 4. The van der Waals surface area contributed by atoms with Gasteiger partial charge in [-0.3, -0.25) is 9.67 Å². The Hall–Kier alpha value is -3.43. The molecule has 3 heterocycles. The van der Waals surface area contributed by atoms with Gasteiger partial charge >= 0.3 is 21.1 Å². The maximum Gasteiger partial charge on any atom is 2.00 e. The molecule has 4 nitrogen and oxygen atoms in total. The van der Waals surface area contributed by atoms with E-state index in [0.29, 0.717) is 5.69 Å². The third-order valence-electron chi connectivity index (χ3n) is 7.31. The summed E-state index contributed by atoms with van der Waals surface area (Å²) >= 11 is 0. The first-order chi connectivity index (χ1) is 17.2.